The summed E-state index contributed by atoms with van der Waals surface area (Å²) < 4.78 is 32.5. The summed E-state index contributed by atoms with van der Waals surface area (Å²) in [4.78, 5) is 10.6. The molecule has 0 heterocycles. The lowest BCUT2D eigenvalue weighted by Gasteiger charge is -2.09. The highest BCUT2D eigenvalue weighted by molar-refractivity contribution is 7.89. The van der Waals surface area contributed by atoms with Gasteiger partial charge >= 0.3 is 5.97 Å². The molecule has 0 fully saturated rings. The minimum absolute atomic E-state index is 0.0617. The van der Waals surface area contributed by atoms with Crippen molar-refractivity contribution in [3.63, 3.8) is 0 Å². The molecule has 0 aliphatic rings. The van der Waals surface area contributed by atoms with Crippen molar-refractivity contribution >= 4 is 27.6 Å². The van der Waals surface area contributed by atoms with Gasteiger partial charge in [-0.15, -0.1) is 0 Å². The van der Waals surface area contributed by atoms with Crippen LogP contribution in [0.4, 0.5) is 0 Å². The van der Waals surface area contributed by atoms with Crippen LogP contribution in [0.1, 0.15) is 18.4 Å². The van der Waals surface area contributed by atoms with E-state index in [0.717, 1.165) is 5.56 Å². The second-order valence-corrected chi connectivity index (χ2v) is 7.80. The Bertz CT molecular complexity index is 837. The third-order valence-corrected chi connectivity index (χ3v) is 5.26. The summed E-state index contributed by atoms with van der Waals surface area (Å²) in [6, 6.07) is 13.3. The Morgan fingerprint density at radius 1 is 1.15 bits per heavy atom. The highest BCUT2D eigenvalue weighted by Gasteiger charge is 2.13. The van der Waals surface area contributed by atoms with Crippen LogP contribution in [0.15, 0.2) is 53.4 Å². The van der Waals surface area contributed by atoms with E-state index in [2.05, 4.69) is 4.72 Å². The van der Waals surface area contributed by atoms with Gasteiger partial charge in [-0.3, -0.25) is 4.79 Å². The van der Waals surface area contributed by atoms with Crippen LogP contribution < -0.4 is 9.46 Å². The Labute approximate surface area is 157 Å². The van der Waals surface area contributed by atoms with Gasteiger partial charge in [0.15, 0.2) is 0 Å². The molecule has 0 amide bonds. The van der Waals surface area contributed by atoms with Crippen molar-refractivity contribution in [2.24, 2.45) is 0 Å². The largest absolute Gasteiger partial charge is 0.494 e. The van der Waals surface area contributed by atoms with Crippen molar-refractivity contribution < 1.29 is 23.1 Å². The standard InChI is InChI=1S/C18H20ClNO5S/c19-15-6-8-17(9-7-15)26(23,24)20-11-10-14-3-1-4-16(13-14)25-12-2-5-18(21)22/h1,3-4,6-9,13,20H,2,5,10-12H2,(H,21,22). The number of nitrogens with one attached hydrogen (secondary N) is 1. The van der Waals surface area contributed by atoms with Gasteiger partial charge in [0, 0.05) is 18.0 Å². The maximum absolute atomic E-state index is 12.2. The van der Waals surface area contributed by atoms with Gasteiger partial charge in [0.25, 0.3) is 0 Å². The van der Waals surface area contributed by atoms with Gasteiger partial charge in [0.1, 0.15) is 5.75 Å². The van der Waals surface area contributed by atoms with Gasteiger partial charge < -0.3 is 9.84 Å². The zero-order chi connectivity index (χ0) is 19.0. The van der Waals surface area contributed by atoms with Crippen LogP contribution in [0.3, 0.4) is 0 Å². The number of ether oxygens (including phenoxy) is 1. The van der Waals surface area contributed by atoms with E-state index in [9.17, 15) is 13.2 Å². The van der Waals surface area contributed by atoms with E-state index in [-0.39, 0.29) is 17.9 Å². The van der Waals surface area contributed by atoms with Crippen molar-refractivity contribution in [2.75, 3.05) is 13.2 Å². The molecular weight excluding hydrogens is 378 g/mol. The van der Waals surface area contributed by atoms with E-state index in [1.54, 1.807) is 6.07 Å². The van der Waals surface area contributed by atoms with E-state index in [1.165, 1.54) is 24.3 Å². The first-order valence-electron chi connectivity index (χ1n) is 8.05. The lowest BCUT2D eigenvalue weighted by Crippen LogP contribution is -2.25. The van der Waals surface area contributed by atoms with Crippen LogP contribution in [0.25, 0.3) is 0 Å². The molecule has 0 aromatic heterocycles. The van der Waals surface area contributed by atoms with Crippen molar-refractivity contribution in [3.05, 3.63) is 59.1 Å². The molecule has 0 aliphatic heterocycles. The molecule has 8 heteroatoms. The molecule has 2 rings (SSSR count). The average Bonchev–Trinajstić information content (AvgIpc) is 2.59. The molecule has 0 aliphatic carbocycles. The molecule has 0 radical (unpaired) electrons. The molecule has 0 saturated carbocycles. The summed E-state index contributed by atoms with van der Waals surface area (Å²) >= 11 is 5.77. The number of sulfonamides is 1. The number of aliphatic carboxylic acids is 1. The fourth-order valence-corrected chi connectivity index (χ4v) is 3.39. The minimum atomic E-state index is -3.58. The Balaban J connectivity index is 1.84. The van der Waals surface area contributed by atoms with E-state index >= 15 is 0 Å². The van der Waals surface area contributed by atoms with Crippen LogP contribution >= 0.6 is 11.6 Å². The number of benzene rings is 2. The van der Waals surface area contributed by atoms with Crippen molar-refractivity contribution in [3.8, 4) is 5.75 Å². The zero-order valence-corrected chi connectivity index (χ0v) is 15.6. The third-order valence-electron chi connectivity index (χ3n) is 3.53. The number of rotatable bonds is 10. The maximum atomic E-state index is 12.2. The monoisotopic (exact) mass is 397 g/mol. The number of carboxylic acid groups (broad SMARTS) is 1. The molecule has 2 N–H and O–H groups in total. The first kappa shape index (κ1) is 20.2. The maximum Gasteiger partial charge on any atom is 0.303 e. The van der Waals surface area contributed by atoms with E-state index in [1.807, 2.05) is 18.2 Å². The number of hydrogen-bond acceptors (Lipinski definition) is 4. The third kappa shape index (κ3) is 6.67. The highest BCUT2D eigenvalue weighted by atomic mass is 35.5. The second kappa shape index (κ2) is 9.56. The SMILES string of the molecule is O=C(O)CCCOc1cccc(CCNS(=O)(=O)c2ccc(Cl)cc2)c1. The lowest BCUT2D eigenvalue weighted by atomic mass is 10.1. The smallest absolute Gasteiger partial charge is 0.303 e. The quantitative estimate of drug-likeness (QED) is 0.601. The summed E-state index contributed by atoms with van der Waals surface area (Å²) in [5.41, 5.74) is 0.916. The molecule has 26 heavy (non-hydrogen) atoms. The van der Waals surface area contributed by atoms with Crippen LogP contribution in [-0.2, 0) is 21.2 Å². The number of carboxylic acids is 1. The topological polar surface area (TPSA) is 92.7 Å². The summed E-state index contributed by atoms with van der Waals surface area (Å²) in [6.07, 6.45) is 0.992. The van der Waals surface area contributed by atoms with Crippen LogP contribution in [0.5, 0.6) is 5.75 Å². The van der Waals surface area contributed by atoms with Gasteiger partial charge in [-0.05, 0) is 54.8 Å². The second-order valence-electron chi connectivity index (χ2n) is 5.59. The molecule has 0 unspecified atom stereocenters. The van der Waals surface area contributed by atoms with Gasteiger partial charge in [-0.2, -0.15) is 0 Å². The normalized spacial score (nSPS) is 11.3. The van der Waals surface area contributed by atoms with Crippen LogP contribution in [-0.4, -0.2) is 32.6 Å². The van der Waals surface area contributed by atoms with Gasteiger partial charge in [0.2, 0.25) is 10.0 Å². The average molecular weight is 398 g/mol. The molecule has 2 aromatic rings. The van der Waals surface area contributed by atoms with Crippen LogP contribution in [0, 0.1) is 0 Å². The summed E-state index contributed by atoms with van der Waals surface area (Å²) in [5, 5.41) is 9.07. The van der Waals surface area contributed by atoms with E-state index < -0.39 is 16.0 Å². The molecule has 2 aromatic carbocycles. The Morgan fingerprint density at radius 3 is 2.58 bits per heavy atom. The predicted octanol–water partition coefficient (Wildman–Crippen LogP) is 3.10. The molecule has 0 saturated heterocycles. The molecule has 0 bridgehead atoms. The Kier molecular flexibility index (Phi) is 7.44. The van der Waals surface area contributed by atoms with Crippen LogP contribution in [0.2, 0.25) is 5.02 Å². The molecule has 0 atom stereocenters. The fourth-order valence-electron chi connectivity index (χ4n) is 2.23. The molecule has 140 valence electrons. The highest BCUT2D eigenvalue weighted by Crippen LogP contribution is 2.16. The summed E-state index contributed by atoms with van der Waals surface area (Å²) in [7, 11) is -3.58. The van der Waals surface area contributed by atoms with Gasteiger partial charge in [-0.25, -0.2) is 13.1 Å². The molecular formula is C18H20ClNO5S. The van der Waals surface area contributed by atoms with Crippen molar-refractivity contribution in [1.82, 2.24) is 4.72 Å². The van der Waals surface area contributed by atoms with Gasteiger partial charge in [-0.1, -0.05) is 23.7 Å². The zero-order valence-electron chi connectivity index (χ0n) is 14.0. The summed E-state index contributed by atoms with van der Waals surface area (Å²) in [5.74, 6) is -0.219. The Hall–Kier alpha value is -2.09. The predicted molar refractivity (Wildman–Crippen MR) is 99.2 cm³/mol. The van der Waals surface area contributed by atoms with Crippen molar-refractivity contribution in [1.29, 1.82) is 0 Å². The lowest BCUT2D eigenvalue weighted by molar-refractivity contribution is -0.137. The number of hydrogen-bond donors (Lipinski definition) is 2. The minimum Gasteiger partial charge on any atom is -0.494 e. The Morgan fingerprint density at radius 2 is 1.88 bits per heavy atom. The first-order chi connectivity index (χ1) is 12.4. The fraction of sp³-hybridized carbons (Fsp3) is 0.278. The summed E-state index contributed by atoms with van der Waals surface area (Å²) in [6.45, 7) is 0.562. The number of carbonyl (C=O) groups is 1. The molecule has 0 spiro atoms. The van der Waals surface area contributed by atoms with E-state index in [0.29, 0.717) is 30.2 Å². The van der Waals surface area contributed by atoms with E-state index in [4.69, 9.17) is 21.4 Å². The first-order valence-corrected chi connectivity index (χ1v) is 9.92. The van der Waals surface area contributed by atoms with Gasteiger partial charge in [0.05, 0.1) is 11.5 Å². The molecule has 6 nitrogen and oxygen atoms in total. The van der Waals surface area contributed by atoms with Crippen molar-refractivity contribution in [2.45, 2.75) is 24.2 Å². The number of halogens is 1.